The number of nitrogens with zero attached hydrogens (tertiary/aromatic N) is 1. The van der Waals surface area contributed by atoms with Crippen LogP contribution in [0.3, 0.4) is 0 Å². The normalized spacial score (nSPS) is 18.4. The molecule has 2 aromatic carbocycles. The molecule has 1 aliphatic heterocycles. The van der Waals surface area contributed by atoms with Crippen LogP contribution >= 0.6 is 11.6 Å². The minimum atomic E-state index is -0.916. The van der Waals surface area contributed by atoms with Crippen molar-refractivity contribution in [2.75, 3.05) is 4.90 Å². The molecule has 3 aromatic rings. The van der Waals surface area contributed by atoms with Crippen LogP contribution in [0, 0.1) is 6.92 Å². The van der Waals surface area contributed by atoms with Crippen LogP contribution in [0.15, 0.2) is 70.9 Å². The summed E-state index contributed by atoms with van der Waals surface area (Å²) in [4.78, 5) is 27.7. The van der Waals surface area contributed by atoms with Crippen molar-refractivity contribution in [3.63, 3.8) is 0 Å². The molecule has 5 nitrogen and oxygen atoms in total. The summed E-state index contributed by atoms with van der Waals surface area (Å²) >= 11 is 6.15. The minimum absolute atomic E-state index is 0.0147. The van der Waals surface area contributed by atoms with Gasteiger partial charge in [0.2, 0.25) is 0 Å². The van der Waals surface area contributed by atoms with E-state index in [-0.39, 0.29) is 16.7 Å². The quantitative estimate of drug-likeness (QED) is 0.295. The Hall–Kier alpha value is -3.31. The van der Waals surface area contributed by atoms with Gasteiger partial charge in [0, 0.05) is 16.3 Å². The zero-order chi connectivity index (χ0) is 23.2. The van der Waals surface area contributed by atoms with Crippen LogP contribution in [0.4, 0.5) is 5.69 Å². The molecule has 2 heterocycles. The molecular formula is C26H24ClNO4. The van der Waals surface area contributed by atoms with Crippen molar-refractivity contribution in [3.05, 3.63) is 93.9 Å². The lowest BCUT2D eigenvalue weighted by molar-refractivity contribution is -0.132. The second-order valence-electron chi connectivity index (χ2n) is 8.94. The molecule has 1 fully saturated rings. The maximum Gasteiger partial charge on any atom is 0.300 e. The van der Waals surface area contributed by atoms with E-state index in [4.69, 9.17) is 16.0 Å². The second-order valence-corrected chi connectivity index (χ2v) is 9.38. The summed E-state index contributed by atoms with van der Waals surface area (Å²) in [5.41, 5.74) is 2.58. The fourth-order valence-corrected chi connectivity index (χ4v) is 4.11. The van der Waals surface area contributed by atoms with Gasteiger partial charge in [-0.25, -0.2) is 0 Å². The topological polar surface area (TPSA) is 70.8 Å². The predicted molar refractivity (Wildman–Crippen MR) is 125 cm³/mol. The summed E-state index contributed by atoms with van der Waals surface area (Å²) in [6, 6.07) is 14.9. The maximum absolute atomic E-state index is 13.2. The Morgan fingerprint density at radius 1 is 1.06 bits per heavy atom. The summed E-state index contributed by atoms with van der Waals surface area (Å²) in [7, 11) is 0. The number of hydrogen-bond acceptors (Lipinski definition) is 4. The maximum atomic E-state index is 13.2. The number of amides is 1. The number of benzene rings is 2. The Morgan fingerprint density at radius 3 is 2.44 bits per heavy atom. The molecule has 1 unspecified atom stereocenters. The van der Waals surface area contributed by atoms with Gasteiger partial charge in [-0.1, -0.05) is 50.6 Å². The van der Waals surface area contributed by atoms with Crippen LogP contribution in [-0.2, 0) is 15.0 Å². The summed E-state index contributed by atoms with van der Waals surface area (Å²) in [5, 5.41) is 11.8. The number of furan rings is 1. The first-order valence-corrected chi connectivity index (χ1v) is 10.7. The number of carbonyl (C=O) groups is 2. The van der Waals surface area contributed by atoms with E-state index in [0.29, 0.717) is 22.0 Å². The van der Waals surface area contributed by atoms with Gasteiger partial charge < -0.3 is 9.52 Å². The Bertz CT molecular complexity index is 1230. The predicted octanol–water partition coefficient (Wildman–Crippen LogP) is 6.17. The van der Waals surface area contributed by atoms with Gasteiger partial charge in [-0.05, 0) is 59.9 Å². The molecule has 1 amide bonds. The molecule has 0 saturated carbocycles. The van der Waals surface area contributed by atoms with Gasteiger partial charge in [0.05, 0.1) is 11.8 Å². The molecule has 1 aromatic heterocycles. The molecule has 164 valence electrons. The van der Waals surface area contributed by atoms with E-state index in [0.717, 1.165) is 11.1 Å². The highest BCUT2D eigenvalue weighted by molar-refractivity contribution is 6.51. The second kappa shape index (κ2) is 7.99. The lowest BCUT2D eigenvalue weighted by Crippen LogP contribution is -2.29. The molecule has 1 atom stereocenters. The number of carbonyl (C=O) groups excluding carboxylic acids is 2. The molecule has 1 aliphatic rings. The number of aryl methyl sites for hydroxylation is 1. The minimum Gasteiger partial charge on any atom is -0.507 e. The summed E-state index contributed by atoms with van der Waals surface area (Å²) in [6.45, 7) is 8.07. The Labute approximate surface area is 191 Å². The summed E-state index contributed by atoms with van der Waals surface area (Å²) in [5.74, 6) is -1.38. The van der Waals surface area contributed by atoms with Crippen molar-refractivity contribution in [2.45, 2.75) is 39.2 Å². The van der Waals surface area contributed by atoms with E-state index in [1.54, 1.807) is 36.4 Å². The lowest BCUT2D eigenvalue weighted by Gasteiger charge is -2.24. The number of rotatable bonds is 3. The third kappa shape index (κ3) is 3.73. The smallest absolute Gasteiger partial charge is 0.300 e. The Balaban J connectivity index is 1.96. The van der Waals surface area contributed by atoms with Gasteiger partial charge in [-0.2, -0.15) is 0 Å². The highest BCUT2D eigenvalue weighted by Gasteiger charge is 2.48. The van der Waals surface area contributed by atoms with Gasteiger partial charge in [0.1, 0.15) is 17.6 Å². The highest BCUT2D eigenvalue weighted by Crippen LogP contribution is 2.43. The molecule has 32 heavy (non-hydrogen) atoms. The number of Topliss-reactive ketones (excluding diaryl/α,β-unsaturated/α-hetero) is 1. The van der Waals surface area contributed by atoms with Gasteiger partial charge in [-0.3, -0.25) is 14.5 Å². The van der Waals surface area contributed by atoms with Crippen LogP contribution in [0.1, 0.15) is 49.3 Å². The van der Waals surface area contributed by atoms with Crippen molar-refractivity contribution >= 4 is 34.7 Å². The Morgan fingerprint density at radius 2 is 1.81 bits per heavy atom. The highest BCUT2D eigenvalue weighted by atomic mass is 35.5. The standard InChI is InChI=1S/C26H24ClNO4/c1-15-10-11-16(26(2,3)4)13-19(15)23(29)21-22(20-9-6-12-32-20)28(25(31)24(21)30)18-8-5-7-17(27)14-18/h5-14,22,29H,1-4H3/b23-21+. The van der Waals surface area contributed by atoms with Crippen LogP contribution in [0.25, 0.3) is 5.76 Å². The molecular weight excluding hydrogens is 426 g/mol. The van der Waals surface area contributed by atoms with Gasteiger partial charge in [0.25, 0.3) is 11.7 Å². The van der Waals surface area contributed by atoms with Crippen molar-refractivity contribution in [1.29, 1.82) is 0 Å². The number of aliphatic hydroxyl groups excluding tert-OH is 1. The van der Waals surface area contributed by atoms with E-state index in [1.165, 1.54) is 11.2 Å². The molecule has 0 radical (unpaired) electrons. The van der Waals surface area contributed by atoms with E-state index in [2.05, 4.69) is 20.8 Å². The average molecular weight is 450 g/mol. The molecule has 0 spiro atoms. The van der Waals surface area contributed by atoms with Crippen LogP contribution in [-0.4, -0.2) is 16.8 Å². The number of anilines is 1. The van der Waals surface area contributed by atoms with E-state index >= 15 is 0 Å². The van der Waals surface area contributed by atoms with E-state index in [1.807, 2.05) is 25.1 Å². The molecule has 6 heteroatoms. The van der Waals surface area contributed by atoms with Gasteiger partial charge >= 0.3 is 0 Å². The third-order valence-electron chi connectivity index (χ3n) is 5.70. The first-order valence-electron chi connectivity index (χ1n) is 10.3. The van der Waals surface area contributed by atoms with Crippen LogP contribution in [0.5, 0.6) is 0 Å². The Kier molecular flexibility index (Phi) is 5.47. The van der Waals surface area contributed by atoms with E-state index in [9.17, 15) is 14.7 Å². The van der Waals surface area contributed by atoms with Crippen molar-refractivity contribution in [2.24, 2.45) is 0 Å². The molecule has 4 rings (SSSR count). The molecule has 1 saturated heterocycles. The SMILES string of the molecule is Cc1ccc(C(C)(C)C)cc1/C(O)=C1\C(=O)C(=O)N(c2cccc(Cl)c2)C1c1ccco1. The largest absolute Gasteiger partial charge is 0.507 e. The third-order valence-corrected chi connectivity index (χ3v) is 5.94. The fourth-order valence-electron chi connectivity index (χ4n) is 3.93. The van der Waals surface area contributed by atoms with Gasteiger partial charge in [-0.15, -0.1) is 0 Å². The van der Waals surface area contributed by atoms with Gasteiger partial charge in [0.15, 0.2) is 0 Å². The number of hydrogen-bond donors (Lipinski definition) is 1. The van der Waals surface area contributed by atoms with E-state index < -0.39 is 17.7 Å². The van der Waals surface area contributed by atoms with Crippen LogP contribution in [0.2, 0.25) is 5.02 Å². The first kappa shape index (κ1) is 21.9. The zero-order valence-corrected chi connectivity index (χ0v) is 19.1. The molecule has 0 aliphatic carbocycles. The number of halogens is 1. The summed E-state index contributed by atoms with van der Waals surface area (Å²) < 4.78 is 5.60. The van der Waals surface area contributed by atoms with Crippen molar-refractivity contribution in [3.8, 4) is 0 Å². The molecule has 1 N–H and O–H groups in total. The average Bonchev–Trinajstić information content (AvgIpc) is 3.34. The molecule has 0 bridgehead atoms. The first-order chi connectivity index (χ1) is 15.1. The fraction of sp³-hybridized carbons (Fsp3) is 0.231. The summed E-state index contributed by atoms with van der Waals surface area (Å²) in [6.07, 6.45) is 1.47. The number of ketones is 1. The lowest BCUT2D eigenvalue weighted by atomic mass is 9.84. The van der Waals surface area contributed by atoms with Crippen LogP contribution < -0.4 is 4.90 Å². The zero-order valence-electron chi connectivity index (χ0n) is 18.3. The number of aliphatic hydroxyl groups is 1. The van der Waals surface area contributed by atoms with Crippen molar-refractivity contribution in [1.82, 2.24) is 0 Å². The monoisotopic (exact) mass is 449 g/mol. The van der Waals surface area contributed by atoms with Crippen molar-refractivity contribution < 1.29 is 19.1 Å².